The van der Waals surface area contributed by atoms with E-state index in [1.165, 1.54) is 0 Å². The first-order valence-electron chi connectivity index (χ1n) is 8.12. The van der Waals surface area contributed by atoms with Crippen LogP contribution in [0.1, 0.15) is 36.7 Å². The topological polar surface area (TPSA) is 59.9 Å². The molecule has 0 atom stereocenters. The van der Waals surface area contributed by atoms with Gasteiger partial charge < -0.3 is 9.47 Å². The number of hydrazone groups is 1. The summed E-state index contributed by atoms with van der Waals surface area (Å²) in [6.45, 7) is 6.31. The zero-order valence-electron chi connectivity index (χ0n) is 14.8. The first-order chi connectivity index (χ1) is 12.4. The summed E-state index contributed by atoms with van der Waals surface area (Å²) >= 11 is 9.31. The summed E-state index contributed by atoms with van der Waals surface area (Å²) in [5, 5.41) is 4.57. The molecule has 0 fully saturated rings. The molecule has 2 aromatic carbocycles. The molecule has 2 aromatic rings. The molecule has 0 radical (unpaired) electrons. The van der Waals surface area contributed by atoms with Gasteiger partial charge in [0.15, 0.2) is 11.5 Å². The Balaban J connectivity index is 2.14. The molecular weight excluding hydrogens is 420 g/mol. The number of amides is 1. The summed E-state index contributed by atoms with van der Waals surface area (Å²) in [5.74, 6) is 0.937. The average Bonchev–Trinajstić information content (AvgIpc) is 2.58. The molecule has 7 heteroatoms. The molecule has 0 aromatic heterocycles. The predicted octanol–water partition coefficient (Wildman–Crippen LogP) is 5.05. The zero-order chi connectivity index (χ0) is 19.1. The number of benzene rings is 2. The Hall–Kier alpha value is -2.05. The summed E-state index contributed by atoms with van der Waals surface area (Å²) in [4.78, 5) is 12.0. The highest BCUT2D eigenvalue weighted by Crippen LogP contribution is 2.37. The van der Waals surface area contributed by atoms with Crippen molar-refractivity contribution in [1.29, 1.82) is 0 Å². The standard InChI is InChI=1S/C19H20BrClN2O3/c1-4-25-17-10-13(9-16(20)18(17)26-12(2)3)11-22-23-19(24)14-5-7-15(21)8-6-14/h5-12H,4H2,1-3H3,(H,23,24)/b22-11-. The summed E-state index contributed by atoms with van der Waals surface area (Å²) in [6.07, 6.45) is 1.56. The van der Waals surface area contributed by atoms with Crippen LogP contribution in [0.3, 0.4) is 0 Å². The van der Waals surface area contributed by atoms with Crippen LogP contribution in [0.2, 0.25) is 5.02 Å². The predicted molar refractivity (Wildman–Crippen MR) is 108 cm³/mol. The summed E-state index contributed by atoms with van der Waals surface area (Å²) in [6, 6.07) is 10.2. The molecule has 26 heavy (non-hydrogen) atoms. The van der Waals surface area contributed by atoms with Crippen LogP contribution >= 0.6 is 27.5 Å². The van der Waals surface area contributed by atoms with E-state index in [0.717, 1.165) is 10.0 Å². The number of hydrogen-bond acceptors (Lipinski definition) is 4. The van der Waals surface area contributed by atoms with E-state index >= 15 is 0 Å². The number of hydrogen-bond donors (Lipinski definition) is 1. The number of nitrogens with one attached hydrogen (secondary N) is 1. The van der Waals surface area contributed by atoms with Crippen molar-refractivity contribution in [3.05, 3.63) is 57.0 Å². The zero-order valence-corrected chi connectivity index (χ0v) is 17.1. The van der Waals surface area contributed by atoms with Gasteiger partial charge in [-0.25, -0.2) is 5.43 Å². The fourth-order valence-corrected chi connectivity index (χ4v) is 2.79. The van der Waals surface area contributed by atoms with Gasteiger partial charge in [0.25, 0.3) is 5.91 Å². The highest BCUT2D eigenvalue weighted by Gasteiger charge is 2.13. The summed E-state index contributed by atoms with van der Waals surface area (Å²) in [5.41, 5.74) is 3.72. The number of carbonyl (C=O) groups excluding carboxylic acids is 1. The normalized spacial score (nSPS) is 11.0. The van der Waals surface area contributed by atoms with Gasteiger partial charge in [0.1, 0.15) is 0 Å². The van der Waals surface area contributed by atoms with Crippen molar-refractivity contribution in [2.45, 2.75) is 26.9 Å². The van der Waals surface area contributed by atoms with Crippen LogP contribution in [0.4, 0.5) is 0 Å². The van der Waals surface area contributed by atoms with Gasteiger partial charge in [-0.05, 0) is 78.7 Å². The maximum Gasteiger partial charge on any atom is 0.271 e. The maximum atomic E-state index is 12.0. The second-order valence-corrected chi connectivity index (χ2v) is 6.93. The number of nitrogens with zero attached hydrogens (tertiary/aromatic N) is 1. The van der Waals surface area contributed by atoms with Gasteiger partial charge in [0, 0.05) is 10.6 Å². The molecule has 138 valence electrons. The lowest BCUT2D eigenvalue weighted by Gasteiger charge is -2.16. The molecule has 0 heterocycles. The van der Waals surface area contributed by atoms with E-state index in [-0.39, 0.29) is 12.0 Å². The molecule has 0 aliphatic carbocycles. The quantitative estimate of drug-likeness (QED) is 0.485. The molecule has 0 aliphatic heterocycles. The van der Waals surface area contributed by atoms with Crippen LogP contribution in [0.15, 0.2) is 46.0 Å². The average molecular weight is 440 g/mol. The second kappa shape index (κ2) is 9.59. The van der Waals surface area contributed by atoms with E-state index in [2.05, 4.69) is 26.5 Å². The number of rotatable bonds is 7. The second-order valence-electron chi connectivity index (χ2n) is 5.64. The highest BCUT2D eigenvalue weighted by molar-refractivity contribution is 9.10. The van der Waals surface area contributed by atoms with E-state index in [1.54, 1.807) is 30.5 Å². The number of halogens is 2. The van der Waals surface area contributed by atoms with Crippen molar-refractivity contribution >= 4 is 39.7 Å². The van der Waals surface area contributed by atoms with Crippen LogP contribution in [0.25, 0.3) is 0 Å². The van der Waals surface area contributed by atoms with Crippen LogP contribution in [-0.2, 0) is 0 Å². The first kappa shape index (κ1) is 20.3. The highest BCUT2D eigenvalue weighted by atomic mass is 79.9. The molecule has 0 saturated carbocycles. The minimum atomic E-state index is -0.318. The van der Waals surface area contributed by atoms with Gasteiger partial charge in [0.05, 0.1) is 23.4 Å². The van der Waals surface area contributed by atoms with Crippen molar-refractivity contribution in [2.75, 3.05) is 6.61 Å². The van der Waals surface area contributed by atoms with Crippen LogP contribution in [0, 0.1) is 0 Å². The molecule has 0 spiro atoms. The van der Waals surface area contributed by atoms with Gasteiger partial charge in [-0.15, -0.1) is 0 Å². The van der Waals surface area contributed by atoms with Crippen molar-refractivity contribution in [3.63, 3.8) is 0 Å². The third kappa shape index (κ3) is 5.75. The van der Waals surface area contributed by atoms with Gasteiger partial charge in [-0.1, -0.05) is 11.6 Å². The van der Waals surface area contributed by atoms with E-state index < -0.39 is 0 Å². The summed E-state index contributed by atoms with van der Waals surface area (Å²) in [7, 11) is 0. The molecule has 5 nitrogen and oxygen atoms in total. The molecule has 0 saturated heterocycles. The van der Waals surface area contributed by atoms with Crippen LogP contribution in [0.5, 0.6) is 11.5 Å². The molecule has 1 N–H and O–H groups in total. The Morgan fingerprint density at radius 3 is 2.62 bits per heavy atom. The molecular formula is C19H20BrClN2O3. The maximum absolute atomic E-state index is 12.0. The Morgan fingerprint density at radius 1 is 1.31 bits per heavy atom. The Bertz CT molecular complexity index is 792. The van der Waals surface area contributed by atoms with Gasteiger partial charge in [-0.2, -0.15) is 5.10 Å². The van der Waals surface area contributed by atoms with E-state index in [4.69, 9.17) is 21.1 Å². The first-order valence-corrected chi connectivity index (χ1v) is 9.29. The van der Waals surface area contributed by atoms with E-state index in [1.807, 2.05) is 32.9 Å². The van der Waals surface area contributed by atoms with Gasteiger partial charge in [-0.3, -0.25) is 4.79 Å². The fraction of sp³-hybridized carbons (Fsp3) is 0.263. The van der Waals surface area contributed by atoms with E-state index in [9.17, 15) is 4.79 Å². The van der Waals surface area contributed by atoms with Gasteiger partial charge in [0.2, 0.25) is 0 Å². The molecule has 0 unspecified atom stereocenters. The lowest BCUT2D eigenvalue weighted by Crippen LogP contribution is -2.17. The Labute approximate surface area is 166 Å². The summed E-state index contributed by atoms with van der Waals surface area (Å²) < 4.78 is 12.2. The van der Waals surface area contributed by atoms with Crippen LogP contribution < -0.4 is 14.9 Å². The lowest BCUT2D eigenvalue weighted by molar-refractivity contribution is 0.0955. The van der Waals surface area contributed by atoms with Crippen molar-refractivity contribution in [3.8, 4) is 11.5 Å². The smallest absolute Gasteiger partial charge is 0.271 e. The number of carbonyl (C=O) groups is 1. The van der Waals surface area contributed by atoms with E-state index in [0.29, 0.717) is 28.7 Å². The Kier molecular flexibility index (Phi) is 7.48. The minimum absolute atomic E-state index is 0.0173. The molecule has 2 rings (SSSR count). The fourth-order valence-electron chi connectivity index (χ4n) is 2.11. The van der Waals surface area contributed by atoms with Crippen molar-refractivity contribution < 1.29 is 14.3 Å². The largest absolute Gasteiger partial charge is 0.490 e. The molecule has 1 amide bonds. The number of ether oxygens (including phenoxy) is 2. The third-order valence-corrected chi connectivity index (χ3v) is 4.01. The molecule has 0 aliphatic rings. The Morgan fingerprint density at radius 2 is 2.00 bits per heavy atom. The monoisotopic (exact) mass is 438 g/mol. The van der Waals surface area contributed by atoms with Crippen LogP contribution in [-0.4, -0.2) is 24.8 Å². The van der Waals surface area contributed by atoms with Crippen molar-refractivity contribution in [1.82, 2.24) is 5.43 Å². The molecule has 0 bridgehead atoms. The lowest BCUT2D eigenvalue weighted by atomic mass is 10.2. The van der Waals surface area contributed by atoms with Crippen molar-refractivity contribution in [2.24, 2.45) is 5.10 Å². The SMILES string of the molecule is CCOc1cc(/C=N\NC(=O)c2ccc(Cl)cc2)cc(Br)c1OC(C)C. The van der Waals surface area contributed by atoms with Gasteiger partial charge >= 0.3 is 0 Å². The third-order valence-electron chi connectivity index (χ3n) is 3.17. The minimum Gasteiger partial charge on any atom is -0.490 e.